The van der Waals surface area contributed by atoms with Crippen LogP contribution in [0.4, 0.5) is 20.7 Å². The van der Waals surface area contributed by atoms with Gasteiger partial charge in [0.2, 0.25) is 10.0 Å². The highest BCUT2D eigenvalue weighted by atomic mass is 32.2. The third-order valence-electron chi connectivity index (χ3n) is 4.88. The third-order valence-corrected chi connectivity index (χ3v) is 6.30. The molecular formula is C19H26FN5O4S. The molecule has 1 aromatic heterocycles. The van der Waals surface area contributed by atoms with Crippen molar-refractivity contribution in [1.29, 1.82) is 0 Å². The smallest absolute Gasteiger partial charge is 0.407 e. The van der Waals surface area contributed by atoms with E-state index in [9.17, 15) is 17.6 Å². The van der Waals surface area contributed by atoms with Gasteiger partial charge in [0.25, 0.3) is 0 Å². The van der Waals surface area contributed by atoms with Crippen molar-refractivity contribution in [2.75, 3.05) is 12.4 Å². The third kappa shape index (κ3) is 5.28. The predicted octanol–water partition coefficient (Wildman–Crippen LogP) is 2.97. The van der Waals surface area contributed by atoms with Crippen molar-refractivity contribution in [2.24, 2.45) is 0 Å². The Kier molecular flexibility index (Phi) is 6.61. The van der Waals surface area contributed by atoms with Gasteiger partial charge in [0, 0.05) is 23.7 Å². The van der Waals surface area contributed by atoms with Crippen LogP contribution in [-0.2, 0) is 14.8 Å². The topological polar surface area (TPSA) is 125 Å². The largest absolute Gasteiger partial charge is 0.446 e. The lowest BCUT2D eigenvalue weighted by atomic mass is 10.0. The van der Waals surface area contributed by atoms with Gasteiger partial charge in [-0.3, -0.25) is 5.10 Å². The van der Waals surface area contributed by atoms with Crippen molar-refractivity contribution in [3.8, 4) is 0 Å². The first kappa shape index (κ1) is 22.0. The highest BCUT2D eigenvalue weighted by molar-refractivity contribution is 7.89. The summed E-state index contributed by atoms with van der Waals surface area (Å²) in [5.41, 5.74) is 0.976. The molecule has 0 spiro atoms. The van der Waals surface area contributed by atoms with E-state index in [1.807, 2.05) is 13.8 Å². The Morgan fingerprint density at radius 2 is 2.07 bits per heavy atom. The highest BCUT2D eigenvalue weighted by Crippen LogP contribution is 2.36. The fraction of sp³-hybridized carbons (Fsp3) is 0.474. The molecule has 2 aromatic rings. The average molecular weight is 440 g/mol. The van der Waals surface area contributed by atoms with Gasteiger partial charge >= 0.3 is 6.09 Å². The Morgan fingerprint density at radius 1 is 1.30 bits per heavy atom. The van der Waals surface area contributed by atoms with Gasteiger partial charge in [0.15, 0.2) is 5.82 Å². The molecule has 4 N–H and O–H groups in total. The molecular weight excluding hydrogens is 413 g/mol. The molecule has 1 aliphatic carbocycles. The highest BCUT2D eigenvalue weighted by Gasteiger charge is 2.30. The number of hydrogen-bond acceptors (Lipinski definition) is 6. The summed E-state index contributed by atoms with van der Waals surface area (Å²) < 4.78 is 45.4. The first-order valence-electron chi connectivity index (χ1n) is 9.70. The van der Waals surface area contributed by atoms with E-state index in [4.69, 9.17) is 4.74 Å². The average Bonchev–Trinajstić information content (AvgIpc) is 3.32. The summed E-state index contributed by atoms with van der Waals surface area (Å²) in [4.78, 5) is 11.6. The van der Waals surface area contributed by atoms with Gasteiger partial charge in [0.1, 0.15) is 11.9 Å². The normalized spacial score (nSPS) is 19.1. The molecule has 1 aliphatic rings. The Labute approximate surface area is 174 Å². The molecule has 1 fully saturated rings. The SMILES string of the molecule is CNS(=O)(=O)c1ccc(Nc2cc([C@@H]3CC[C@H](OC(=O)NC(C)C)C3)[nH]n2)c(F)c1. The number of nitrogens with one attached hydrogen (secondary N) is 4. The van der Waals surface area contributed by atoms with Crippen molar-refractivity contribution in [3.63, 3.8) is 0 Å². The number of anilines is 2. The van der Waals surface area contributed by atoms with E-state index in [1.54, 1.807) is 6.07 Å². The van der Waals surface area contributed by atoms with Gasteiger partial charge in [-0.2, -0.15) is 5.10 Å². The van der Waals surface area contributed by atoms with E-state index in [2.05, 4.69) is 25.6 Å². The van der Waals surface area contributed by atoms with E-state index < -0.39 is 21.9 Å². The summed E-state index contributed by atoms with van der Waals surface area (Å²) in [5.74, 6) is -0.144. The number of benzene rings is 1. The van der Waals surface area contributed by atoms with Crippen LogP contribution in [0.2, 0.25) is 0 Å². The number of hydrogen-bond donors (Lipinski definition) is 4. The Bertz CT molecular complexity index is 1010. The van der Waals surface area contributed by atoms with Gasteiger partial charge in [0.05, 0.1) is 10.6 Å². The van der Waals surface area contributed by atoms with Crippen molar-refractivity contribution < 1.29 is 22.3 Å². The second-order valence-corrected chi connectivity index (χ2v) is 9.41. The molecule has 30 heavy (non-hydrogen) atoms. The summed E-state index contributed by atoms with van der Waals surface area (Å²) >= 11 is 0. The molecule has 0 unspecified atom stereocenters. The molecule has 0 radical (unpaired) electrons. The van der Waals surface area contributed by atoms with Gasteiger partial charge in [-0.1, -0.05) is 0 Å². The fourth-order valence-electron chi connectivity index (χ4n) is 3.38. The second kappa shape index (κ2) is 9.00. The lowest BCUT2D eigenvalue weighted by molar-refractivity contribution is 0.0981. The van der Waals surface area contributed by atoms with Crippen molar-refractivity contribution in [2.45, 2.75) is 56.1 Å². The molecule has 164 valence electrons. The predicted molar refractivity (Wildman–Crippen MR) is 110 cm³/mol. The van der Waals surface area contributed by atoms with Gasteiger partial charge in [-0.05, 0) is 58.4 Å². The Hall–Kier alpha value is -2.66. The first-order valence-corrected chi connectivity index (χ1v) is 11.2. The zero-order valence-corrected chi connectivity index (χ0v) is 17.8. The maximum atomic E-state index is 14.3. The molecule has 2 atom stereocenters. The van der Waals surface area contributed by atoms with Gasteiger partial charge < -0.3 is 15.4 Å². The van der Waals surface area contributed by atoms with Crippen LogP contribution in [-0.4, -0.2) is 43.9 Å². The monoisotopic (exact) mass is 439 g/mol. The molecule has 1 heterocycles. The number of aromatic nitrogens is 2. The lowest BCUT2D eigenvalue weighted by Crippen LogP contribution is -2.33. The molecule has 1 aromatic carbocycles. The molecule has 0 aliphatic heterocycles. The zero-order valence-electron chi connectivity index (χ0n) is 17.0. The van der Waals surface area contributed by atoms with E-state index in [0.717, 1.165) is 24.6 Å². The van der Waals surface area contributed by atoms with Gasteiger partial charge in [-0.15, -0.1) is 0 Å². The molecule has 1 saturated carbocycles. The van der Waals surface area contributed by atoms with Crippen LogP contribution in [0.15, 0.2) is 29.2 Å². The first-order chi connectivity index (χ1) is 14.2. The van der Waals surface area contributed by atoms with E-state index in [-0.39, 0.29) is 28.6 Å². The van der Waals surface area contributed by atoms with Crippen LogP contribution in [0.5, 0.6) is 0 Å². The van der Waals surface area contributed by atoms with Crippen LogP contribution in [0.1, 0.15) is 44.7 Å². The number of sulfonamides is 1. The van der Waals surface area contributed by atoms with E-state index >= 15 is 0 Å². The van der Waals surface area contributed by atoms with Crippen molar-refractivity contribution in [3.05, 3.63) is 35.8 Å². The molecule has 11 heteroatoms. The van der Waals surface area contributed by atoms with Crippen LogP contribution < -0.4 is 15.4 Å². The minimum atomic E-state index is -3.72. The molecule has 9 nitrogen and oxygen atoms in total. The van der Waals surface area contributed by atoms with E-state index in [0.29, 0.717) is 12.2 Å². The Balaban J connectivity index is 1.61. The number of carbonyl (C=O) groups is 1. The van der Waals surface area contributed by atoms with Crippen LogP contribution in [0.3, 0.4) is 0 Å². The Morgan fingerprint density at radius 3 is 2.73 bits per heavy atom. The minimum Gasteiger partial charge on any atom is -0.446 e. The summed E-state index contributed by atoms with van der Waals surface area (Å²) in [6.45, 7) is 3.74. The number of H-pyrrole nitrogens is 1. The molecule has 1 amide bonds. The minimum absolute atomic E-state index is 0.0174. The van der Waals surface area contributed by atoms with E-state index in [1.165, 1.54) is 19.2 Å². The number of aromatic amines is 1. The number of amides is 1. The number of alkyl carbamates (subject to hydrolysis) is 1. The lowest BCUT2D eigenvalue weighted by Gasteiger charge is -2.14. The summed E-state index contributed by atoms with van der Waals surface area (Å²) in [5, 5.41) is 12.7. The second-order valence-electron chi connectivity index (χ2n) is 7.52. The van der Waals surface area contributed by atoms with Crippen LogP contribution in [0.25, 0.3) is 0 Å². The summed E-state index contributed by atoms with van der Waals surface area (Å²) in [7, 11) is -2.45. The van der Waals surface area contributed by atoms with Crippen LogP contribution in [0, 0.1) is 5.82 Å². The molecule has 0 bridgehead atoms. The standard InChI is InChI=1S/C19H26FN5O4S/c1-11(2)22-19(26)29-13-5-4-12(8-13)17-10-18(25-24-17)23-16-7-6-14(9-15(16)20)30(27,28)21-3/h6-7,9-13,21H,4-5,8H2,1-3H3,(H,22,26)(H2,23,24,25)/t12-,13+/m1/s1. The summed E-state index contributed by atoms with van der Waals surface area (Å²) in [6, 6.07) is 5.40. The number of nitrogens with zero attached hydrogens (tertiary/aromatic N) is 1. The maximum absolute atomic E-state index is 14.3. The van der Waals surface area contributed by atoms with Crippen molar-refractivity contribution >= 4 is 27.6 Å². The van der Waals surface area contributed by atoms with Crippen LogP contribution >= 0.6 is 0 Å². The number of halogens is 1. The number of rotatable bonds is 7. The quantitative estimate of drug-likeness (QED) is 0.526. The molecule has 0 saturated heterocycles. The fourth-order valence-corrected chi connectivity index (χ4v) is 4.12. The molecule has 3 rings (SSSR count). The van der Waals surface area contributed by atoms with Gasteiger partial charge in [-0.25, -0.2) is 22.3 Å². The van der Waals surface area contributed by atoms with Crippen molar-refractivity contribution in [1.82, 2.24) is 20.2 Å². The zero-order chi connectivity index (χ0) is 21.9. The summed E-state index contributed by atoms with van der Waals surface area (Å²) in [6.07, 6.45) is 1.70. The maximum Gasteiger partial charge on any atom is 0.407 e. The number of carbonyl (C=O) groups excluding carboxylic acids is 1. The number of ether oxygens (including phenoxy) is 1.